The summed E-state index contributed by atoms with van der Waals surface area (Å²) in [5, 5.41) is 9.02. The van der Waals surface area contributed by atoms with Crippen LogP contribution in [0.2, 0.25) is 0 Å². The van der Waals surface area contributed by atoms with Crippen molar-refractivity contribution in [2.75, 3.05) is 30.5 Å². The van der Waals surface area contributed by atoms with Crippen molar-refractivity contribution >= 4 is 15.9 Å². The standard InChI is InChI=1S/C18H19N5O2S/c19-14-21-9-6-18(13-21)23-11-10-22(26(23,24)25)17-3-1-2-16(12-17)15-4-7-20-8-5-15/h1-5,7-8,12,18H,6,9-11,13H2/t18-/m0/s1. The molecule has 2 aliphatic heterocycles. The summed E-state index contributed by atoms with van der Waals surface area (Å²) in [7, 11) is -3.58. The molecule has 26 heavy (non-hydrogen) atoms. The number of aromatic nitrogens is 1. The number of pyridine rings is 1. The first-order valence-corrected chi connectivity index (χ1v) is 9.94. The molecule has 0 bridgehead atoms. The number of anilines is 1. The van der Waals surface area contributed by atoms with Gasteiger partial charge in [0.2, 0.25) is 0 Å². The molecule has 7 nitrogen and oxygen atoms in total. The van der Waals surface area contributed by atoms with E-state index in [9.17, 15) is 8.42 Å². The van der Waals surface area contributed by atoms with Crippen molar-refractivity contribution in [2.45, 2.75) is 12.5 Å². The number of nitriles is 1. The van der Waals surface area contributed by atoms with E-state index in [1.807, 2.05) is 36.4 Å². The first-order chi connectivity index (χ1) is 12.6. The Bertz CT molecular complexity index is 942. The van der Waals surface area contributed by atoms with Gasteiger partial charge in [0.25, 0.3) is 0 Å². The van der Waals surface area contributed by atoms with E-state index in [0.717, 1.165) is 11.1 Å². The fourth-order valence-electron chi connectivity index (χ4n) is 3.63. The van der Waals surface area contributed by atoms with Gasteiger partial charge in [-0.25, -0.2) is 0 Å². The molecule has 2 aliphatic rings. The van der Waals surface area contributed by atoms with Crippen molar-refractivity contribution in [2.24, 2.45) is 0 Å². The fourth-order valence-corrected chi connectivity index (χ4v) is 5.44. The third-order valence-electron chi connectivity index (χ3n) is 4.96. The van der Waals surface area contributed by atoms with E-state index in [-0.39, 0.29) is 6.04 Å². The third kappa shape index (κ3) is 2.89. The zero-order valence-electron chi connectivity index (χ0n) is 14.2. The molecule has 0 N–H and O–H groups in total. The highest BCUT2D eigenvalue weighted by molar-refractivity contribution is 7.90. The van der Waals surface area contributed by atoms with Gasteiger partial charge in [-0.2, -0.15) is 18.0 Å². The summed E-state index contributed by atoms with van der Waals surface area (Å²) >= 11 is 0. The van der Waals surface area contributed by atoms with E-state index in [4.69, 9.17) is 5.26 Å². The molecule has 134 valence electrons. The summed E-state index contributed by atoms with van der Waals surface area (Å²) < 4.78 is 29.1. The fraction of sp³-hybridized carbons (Fsp3) is 0.333. The van der Waals surface area contributed by atoms with Gasteiger partial charge in [-0.05, 0) is 41.8 Å². The lowest BCUT2D eigenvalue weighted by molar-refractivity contribution is 0.345. The average Bonchev–Trinajstić information content (AvgIpc) is 3.26. The Morgan fingerprint density at radius 3 is 2.62 bits per heavy atom. The molecule has 0 radical (unpaired) electrons. The van der Waals surface area contributed by atoms with Crippen molar-refractivity contribution in [1.29, 1.82) is 5.26 Å². The minimum absolute atomic E-state index is 0.131. The molecule has 0 aliphatic carbocycles. The van der Waals surface area contributed by atoms with Gasteiger partial charge in [-0.15, -0.1) is 0 Å². The maximum Gasteiger partial charge on any atom is 0.304 e. The SMILES string of the molecule is N#CN1CC[C@H](N2CCN(c3cccc(-c4ccncc4)c3)S2(=O)=O)C1. The van der Waals surface area contributed by atoms with Crippen LogP contribution < -0.4 is 4.31 Å². The summed E-state index contributed by atoms with van der Waals surface area (Å²) in [5.74, 6) is 0. The van der Waals surface area contributed by atoms with Gasteiger partial charge >= 0.3 is 10.2 Å². The van der Waals surface area contributed by atoms with Crippen LogP contribution in [0.5, 0.6) is 0 Å². The van der Waals surface area contributed by atoms with Crippen molar-refractivity contribution < 1.29 is 8.42 Å². The van der Waals surface area contributed by atoms with Crippen molar-refractivity contribution in [1.82, 2.24) is 14.2 Å². The molecule has 4 rings (SSSR count). The second-order valence-electron chi connectivity index (χ2n) is 6.47. The predicted molar refractivity (Wildman–Crippen MR) is 98.2 cm³/mol. The van der Waals surface area contributed by atoms with Gasteiger partial charge in [0.1, 0.15) is 0 Å². The molecule has 8 heteroatoms. The summed E-state index contributed by atoms with van der Waals surface area (Å²) in [6.45, 7) is 1.96. The van der Waals surface area contributed by atoms with Crippen LogP contribution in [0, 0.1) is 11.5 Å². The zero-order chi connectivity index (χ0) is 18.1. The van der Waals surface area contributed by atoms with Crippen molar-refractivity contribution in [3.05, 3.63) is 48.8 Å². The van der Waals surface area contributed by atoms with Crippen LogP contribution in [0.3, 0.4) is 0 Å². The Balaban J connectivity index is 1.61. The number of nitrogens with zero attached hydrogens (tertiary/aromatic N) is 5. The van der Waals surface area contributed by atoms with E-state index in [2.05, 4.69) is 11.2 Å². The van der Waals surface area contributed by atoms with E-state index >= 15 is 0 Å². The first kappa shape index (κ1) is 16.8. The third-order valence-corrected chi connectivity index (χ3v) is 6.98. The summed E-state index contributed by atoms with van der Waals surface area (Å²) in [5.41, 5.74) is 2.61. The number of likely N-dealkylation sites (tertiary alicyclic amines) is 1. The van der Waals surface area contributed by atoms with Crippen LogP contribution in [0.4, 0.5) is 5.69 Å². The minimum atomic E-state index is -3.58. The number of benzene rings is 1. The second-order valence-corrected chi connectivity index (χ2v) is 8.27. The van der Waals surface area contributed by atoms with E-state index in [1.54, 1.807) is 21.6 Å². The molecule has 1 aromatic heterocycles. The van der Waals surface area contributed by atoms with Gasteiger partial charge in [-0.3, -0.25) is 9.29 Å². The highest BCUT2D eigenvalue weighted by atomic mass is 32.2. The van der Waals surface area contributed by atoms with E-state index < -0.39 is 10.2 Å². The van der Waals surface area contributed by atoms with Crippen LogP contribution in [0.15, 0.2) is 48.8 Å². The summed E-state index contributed by atoms with van der Waals surface area (Å²) in [4.78, 5) is 5.64. The minimum Gasteiger partial charge on any atom is -0.309 e. The maximum absolute atomic E-state index is 13.1. The quantitative estimate of drug-likeness (QED) is 0.769. The Kier molecular flexibility index (Phi) is 4.26. The molecular formula is C18H19N5O2S. The van der Waals surface area contributed by atoms with Crippen LogP contribution in [0.25, 0.3) is 11.1 Å². The Labute approximate surface area is 153 Å². The van der Waals surface area contributed by atoms with Crippen LogP contribution >= 0.6 is 0 Å². The molecule has 2 aromatic rings. The van der Waals surface area contributed by atoms with Crippen molar-refractivity contribution in [3.63, 3.8) is 0 Å². The second kappa shape index (κ2) is 6.59. The molecule has 0 saturated carbocycles. The monoisotopic (exact) mass is 369 g/mol. The molecule has 3 heterocycles. The van der Waals surface area contributed by atoms with Gasteiger partial charge < -0.3 is 4.90 Å². The smallest absolute Gasteiger partial charge is 0.304 e. The highest BCUT2D eigenvalue weighted by Crippen LogP contribution is 2.31. The average molecular weight is 369 g/mol. The lowest BCUT2D eigenvalue weighted by Crippen LogP contribution is -2.41. The molecule has 0 unspecified atom stereocenters. The molecule has 2 fully saturated rings. The van der Waals surface area contributed by atoms with Gasteiger partial charge in [0.15, 0.2) is 6.19 Å². The zero-order valence-corrected chi connectivity index (χ0v) is 15.0. The normalized spacial score (nSPS) is 22.5. The van der Waals surface area contributed by atoms with E-state index in [0.29, 0.717) is 38.3 Å². The largest absolute Gasteiger partial charge is 0.309 e. The maximum atomic E-state index is 13.1. The summed E-state index contributed by atoms with van der Waals surface area (Å²) in [6.07, 6.45) is 6.24. The lowest BCUT2D eigenvalue weighted by atomic mass is 10.1. The predicted octanol–water partition coefficient (Wildman–Crippen LogP) is 1.67. The summed E-state index contributed by atoms with van der Waals surface area (Å²) in [6, 6.07) is 11.2. The highest BCUT2D eigenvalue weighted by Gasteiger charge is 2.43. The van der Waals surface area contributed by atoms with Gasteiger partial charge in [0, 0.05) is 44.6 Å². The topological polar surface area (TPSA) is 80.5 Å². The lowest BCUT2D eigenvalue weighted by Gasteiger charge is -2.24. The molecule has 0 amide bonds. The van der Waals surface area contributed by atoms with Crippen LogP contribution in [-0.2, 0) is 10.2 Å². The number of rotatable bonds is 3. The molecule has 2 saturated heterocycles. The van der Waals surface area contributed by atoms with Crippen LogP contribution in [-0.4, -0.2) is 54.8 Å². The van der Waals surface area contributed by atoms with E-state index in [1.165, 1.54) is 4.31 Å². The Hall–Kier alpha value is -2.63. The Morgan fingerprint density at radius 2 is 1.88 bits per heavy atom. The molecule has 1 atom stereocenters. The Morgan fingerprint density at radius 1 is 1.08 bits per heavy atom. The van der Waals surface area contributed by atoms with Crippen LogP contribution in [0.1, 0.15) is 6.42 Å². The molecular weight excluding hydrogens is 350 g/mol. The first-order valence-electron chi connectivity index (χ1n) is 8.54. The number of hydrogen-bond donors (Lipinski definition) is 0. The molecule has 1 aromatic carbocycles. The van der Waals surface area contributed by atoms with Gasteiger partial charge in [0.05, 0.1) is 5.69 Å². The van der Waals surface area contributed by atoms with Crippen molar-refractivity contribution in [3.8, 4) is 17.3 Å². The molecule has 0 spiro atoms. The van der Waals surface area contributed by atoms with Gasteiger partial charge in [-0.1, -0.05) is 12.1 Å². The number of hydrogen-bond acceptors (Lipinski definition) is 5.